The second-order valence-corrected chi connectivity index (χ2v) is 15.9. The van der Waals surface area contributed by atoms with E-state index in [0.29, 0.717) is 6.42 Å². The van der Waals surface area contributed by atoms with E-state index in [2.05, 4.69) is 79.1 Å². The first-order chi connectivity index (χ1) is 26.8. The van der Waals surface area contributed by atoms with Gasteiger partial charge in [-0.3, -0.25) is 14.1 Å². The smallest absolute Gasteiger partial charge is 0.462 e. The lowest BCUT2D eigenvalue weighted by Gasteiger charge is -2.18. The number of allylic oxidation sites excluding steroid dienone is 10. The average Bonchev–Trinajstić information content (AvgIpc) is 3.16. The molecule has 0 fully saturated rings. The highest BCUT2D eigenvalue weighted by atomic mass is 31.2. The van der Waals surface area contributed by atoms with E-state index in [1.807, 2.05) is 0 Å². The van der Waals surface area contributed by atoms with Crippen molar-refractivity contribution in [1.29, 1.82) is 0 Å². The normalized spacial score (nSPS) is 13.0. The third kappa shape index (κ3) is 44.3. The molecular formula is C46H81O8P. The maximum Gasteiger partial charge on any atom is 0.469 e. The van der Waals surface area contributed by atoms with Crippen molar-refractivity contribution in [3.05, 3.63) is 60.8 Å². The molecule has 0 amide bonds. The zero-order valence-electron chi connectivity index (χ0n) is 35.1. The van der Waals surface area contributed by atoms with Crippen LogP contribution in [0, 0.1) is 0 Å². The van der Waals surface area contributed by atoms with E-state index in [-0.39, 0.29) is 19.4 Å². The van der Waals surface area contributed by atoms with Gasteiger partial charge in [0, 0.05) is 12.8 Å². The summed E-state index contributed by atoms with van der Waals surface area (Å²) in [6, 6.07) is 0. The van der Waals surface area contributed by atoms with Gasteiger partial charge in [0.05, 0.1) is 6.61 Å². The number of hydrogen-bond acceptors (Lipinski definition) is 6. The first kappa shape index (κ1) is 52.8. The van der Waals surface area contributed by atoms with Crippen LogP contribution in [0.4, 0.5) is 0 Å². The second-order valence-electron chi connectivity index (χ2n) is 14.6. The van der Waals surface area contributed by atoms with Gasteiger partial charge in [-0.2, -0.15) is 0 Å². The fourth-order valence-corrected chi connectivity index (χ4v) is 6.41. The highest BCUT2D eigenvalue weighted by molar-refractivity contribution is 7.46. The van der Waals surface area contributed by atoms with Gasteiger partial charge in [-0.1, -0.05) is 190 Å². The van der Waals surface area contributed by atoms with Crippen molar-refractivity contribution in [2.24, 2.45) is 0 Å². The zero-order chi connectivity index (χ0) is 40.3. The molecule has 9 heteroatoms. The van der Waals surface area contributed by atoms with Crippen LogP contribution in [0.2, 0.25) is 0 Å². The maximum atomic E-state index is 12.4. The first-order valence-electron chi connectivity index (χ1n) is 22.1. The van der Waals surface area contributed by atoms with Crippen LogP contribution in [0.25, 0.3) is 0 Å². The van der Waals surface area contributed by atoms with E-state index in [0.717, 1.165) is 70.6 Å². The van der Waals surface area contributed by atoms with Crippen LogP contribution in [0.15, 0.2) is 60.8 Å². The molecule has 0 rings (SSSR count). The number of unbranched alkanes of at least 4 members (excludes halogenated alkanes) is 20. The molecule has 0 saturated heterocycles. The number of rotatable bonds is 40. The third-order valence-corrected chi connectivity index (χ3v) is 9.79. The standard InChI is InChI=1S/C46H81O8P/c1-3-5-7-9-11-13-15-17-19-21-23-25-27-29-31-33-35-37-39-41-46(48)54-44(43-53-55(49,50)51)42-52-45(47)40-38-36-34-32-30-28-26-24-22-20-18-16-14-12-10-8-6-4-2/h5,7,11,13,17,19,23,25,29,31,44H,3-4,6,8-10,12,14-16,18,20-22,24,26-28,30,32-43H2,1-2H3,(H2,49,50,51)/b7-5+,13-11+,19-17+,25-23+,31-29+/t44-/m1/s1. The van der Waals surface area contributed by atoms with Crippen LogP contribution in [0.3, 0.4) is 0 Å². The molecule has 55 heavy (non-hydrogen) atoms. The summed E-state index contributed by atoms with van der Waals surface area (Å²) in [5.74, 6) is -0.919. The molecule has 0 radical (unpaired) electrons. The highest BCUT2D eigenvalue weighted by Gasteiger charge is 2.22. The molecule has 8 nitrogen and oxygen atoms in total. The summed E-state index contributed by atoms with van der Waals surface area (Å²) in [5.41, 5.74) is 0. The molecule has 0 spiro atoms. The molecule has 0 unspecified atom stereocenters. The first-order valence-corrected chi connectivity index (χ1v) is 23.6. The van der Waals surface area contributed by atoms with Crippen LogP contribution < -0.4 is 0 Å². The Morgan fingerprint density at radius 2 is 0.873 bits per heavy atom. The highest BCUT2D eigenvalue weighted by Crippen LogP contribution is 2.36. The molecule has 0 aliphatic carbocycles. The minimum atomic E-state index is -4.77. The topological polar surface area (TPSA) is 119 Å². The summed E-state index contributed by atoms with van der Waals surface area (Å²) in [4.78, 5) is 42.9. The molecular weight excluding hydrogens is 711 g/mol. The monoisotopic (exact) mass is 793 g/mol. The Balaban J connectivity index is 3.95. The predicted octanol–water partition coefficient (Wildman–Crippen LogP) is 13.7. The van der Waals surface area contributed by atoms with Gasteiger partial charge in [-0.25, -0.2) is 4.57 Å². The lowest BCUT2D eigenvalue weighted by Crippen LogP contribution is -2.29. The molecule has 1 atom stereocenters. The fraction of sp³-hybridized carbons (Fsp3) is 0.739. The SMILES string of the molecule is CC/C=C/C/C=C/C/C=C/C/C=C/C/C=C/CCCCCC(=O)O[C@H](COC(=O)CCCCCCCCCCCCCCCCCCCC)COP(=O)(O)O. The van der Waals surface area contributed by atoms with Gasteiger partial charge in [-0.05, 0) is 57.8 Å². The Hall–Kier alpha value is -2.25. The molecule has 0 aromatic rings. The number of phosphoric acid groups is 1. The summed E-state index contributed by atoms with van der Waals surface area (Å²) in [7, 11) is -4.77. The van der Waals surface area contributed by atoms with Gasteiger partial charge in [0.2, 0.25) is 0 Å². The minimum absolute atomic E-state index is 0.172. The Bertz CT molecular complexity index is 1070. The van der Waals surface area contributed by atoms with Gasteiger partial charge in [-0.15, -0.1) is 0 Å². The number of phosphoric ester groups is 1. The summed E-state index contributed by atoms with van der Waals surface area (Å²) >= 11 is 0. The van der Waals surface area contributed by atoms with Crippen LogP contribution >= 0.6 is 7.82 Å². The van der Waals surface area contributed by atoms with Crippen LogP contribution in [0.1, 0.15) is 200 Å². The molecule has 0 saturated carbocycles. The molecule has 318 valence electrons. The number of ether oxygens (including phenoxy) is 2. The Labute approximate surface area is 337 Å². The van der Waals surface area contributed by atoms with Gasteiger partial charge in [0.1, 0.15) is 6.61 Å². The Morgan fingerprint density at radius 3 is 1.31 bits per heavy atom. The maximum absolute atomic E-state index is 12.4. The summed E-state index contributed by atoms with van der Waals surface area (Å²) < 4.78 is 26.4. The lowest BCUT2D eigenvalue weighted by molar-refractivity contribution is -0.161. The van der Waals surface area contributed by atoms with Crippen molar-refractivity contribution in [1.82, 2.24) is 0 Å². The number of carbonyl (C=O) groups excluding carboxylic acids is 2. The van der Waals surface area contributed by atoms with E-state index < -0.39 is 32.5 Å². The third-order valence-electron chi connectivity index (χ3n) is 9.30. The van der Waals surface area contributed by atoms with E-state index >= 15 is 0 Å². The predicted molar refractivity (Wildman–Crippen MR) is 230 cm³/mol. The van der Waals surface area contributed by atoms with Crippen LogP contribution in [0.5, 0.6) is 0 Å². The van der Waals surface area contributed by atoms with Crippen molar-refractivity contribution in [3.63, 3.8) is 0 Å². The van der Waals surface area contributed by atoms with E-state index in [9.17, 15) is 14.2 Å². The van der Waals surface area contributed by atoms with Gasteiger partial charge < -0.3 is 19.3 Å². The molecule has 2 N–H and O–H groups in total. The van der Waals surface area contributed by atoms with Crippen molar-refractivity contribution in [3.8, 4) is 0 Å². The lowest BCUT2D eigenvalue weighted by atomic mass is 10.0. The van der Waals surface area contributed by atoms with Gasteiger partial charge in [0.25, 0.3) is 0 Å². The molecule has 0 aromatic heterocycles. The van der Waals surface area contributed by atoms with Crippen molar-refractivity contribution < 1.29 is 37.9 Å². The number of hydrogen-bond donors (Lipinski definition) is 2. The van der Waals surface area contributed by atoms with Crippen LogP contribution in [-0.4, -0.2) is 41.0 Å². The quantitative estimate of drug-likeness (QED) is 0.0272. The fourth-order valence-electron chi connectivity index (χ4n) is 6.05. The van der Waals surface area contributed by atoms with E-state index in [4.69, 9.17) is 19.3 Å². The van der Waals surface area contributed by atoms with E-state index in [1.54, 1.807) is 0 Å². The molecule has 0 heterocycles. The second kappa shape index (κ2) is 41.4. The molecule has 0 bridgehead atoms. The Morgan fingerprint density at radius 1 is 0.491 bits per heavy atom. The van der Waals surface area contributed by atoms with Crippen molar-refractivity contribution >= 4 is 19.8 Å². The summed E-state index contributed by atoms with van der Waals surface area (Å²) in [5, 5.41) is 0. The summed E-state index contributed by atoms with van der Waals surface area (Å²) in [6.45, 7) is 3.56. The number of esters is 2. The largest absolute Gasteiger partial charge is 0.469 e. The average molecular weight is 793 g/mol. The molecule has 0 aromatic carbocycles. The van der Waals surface area contributed by atoms with Gasteiger partial charge >= 0.3 is 19.8 Å². The molecule has 0 aliphatic heterocycles. The zero-order valence-corrected chi connectivity index (χ0v) is 36.0. The van der Waals surface area contributed by atoms with Crippen molar-refractivity contribution in [2.45, 2.75) is 206 Å². The van der Waals surface area contributed by atoms with E-state index in [1.165, 1.54) is 96.3 Å². The Kier molecular flexibility index (Phi) is 39.7. The number of carbonyl (C=O) groups is 2. The van der Waals surface area contributed by atoms with Gasteiger partial charge in [0.15, 0.2) is 6.10 Å². The van der Waals surface area contributed by atoms with Crippen molar-refractivity contribution in [2.75, 3.05) is 13.2 Å². The minimum Gasteiger partial charge on any atom is -0.462 e. The summed E-state index contributed by atoms with van der Waals surface area (Å²) in [6.07, 6.45) is 52.3. The molecule has 0 aliphatic rings. The van der Waals surface area contributed by atoms with Crippen LogP contribution in [-0.2, 0) is 28.2 Å².